The van der Waals surface area contributed by atoms with E-state index in [2.05, 4.69) is 12.2 Å². The lowest BCUT2D eigenvalue weighted by atomic mass is 10.1. The van der Waals surface area contributed by atoms with Crippen molar-refractivity contribution in [3.05, 3.63) is 35.1 Å². The van der Waals surface area contributed by atoms with Crippen LogP contribution in [0.4, 0.5) is 4.39 Å². The van der Waals surface area contributed by atoms with Crippen LogP contribution in [-0.4, -0.2) is 19.8 Å². The number of ether oxygens (including phenoxy) is 1. The molecule has 0 amide bonds. The zero-order valence-corrected chi connectivity index (χ0v) is 10.9. The summed E-state index contributed by atoms with van der Waals surface area (Å²) in [6.07, 6.45) is 2.02. The van der Waals surface area contributed by atoms with Gasteiger partial charge >= 0.3 is 0 Å². The van der Waals surface area contributed by atoms with Crippen molar-refractivity contribution in [2.45, 2.75) is 32.4 Å². The summed E-state index contributed by atoms with van der Waals surface area (Å²) in [4.78, 5) is 0. The predicted octanol–water partition coefficient (Wildman–Crippen LogP) is 2.60. The highest BCUT2D eigenvalue weighted by molar-refractivity contribution is 5.34. The van der Waals surface area contributed by atoms with Crippen molar-refractivity contribution in [3.8, 4) is 6.07 Å². The van der Waals surface area contributed by atoms with Crippen LogP contribution in [0.15, 0.2) is 18.2 Å². The quantitative estimate of drug-likeness (QED) is 0.809. The Kier molecular flexibility index (Phi) is 6.34. The van der Waals surface area contributed by atoms with Gasteiger partial charge in [0.05, 0.1) is 12.2 Å². The van der Waals surface area contributed by atoms with Crippen LogP contribution in [0, 0.1) is 17.1 Å². The zero-order valence-electron chi connectivity index (χ0n) is 10.9. The number of nitriles is 1. The number of hydrogen-bond donors (Lipinski definition) is 1. The van der Waals surface area contributed by atoms with Crippen molar-refractivity contribution in [1.82, 2.24) is 5.32 Å². The van der Waals surface area contributed by atoms with Crippen molar-refractivity contribution in [2.75, 3.05) is 13.7 Å². The molecule has 1 atom stereocenters. The fourth-order valence-corrected chi connectivity index (χ4v) is 1.85. The lowest BCUT2D eigenvalue weighted by molar-refractivity contribution is 0.161. The van der Waals surface area contributed by atoms with Crippen LogP contribution in [0.5, 0.6) is 0 Å². The Morgan fingerprint density at radius 2 is 2.28 bits per heavy atom. The Balaban J connectivity index is 2.64. The van der Waals surface area contributed by atoms with Gasteiger partial charge in [-0.3, -0.25) is 0 Å². The van der Waals surface area contributed by atoms with E-state index in [1.165, 1.54) is 6.07 Å². The third kappa shape index (κ3) is 4.10. The van der Waals surface area contributed by atoms with Crippen LogP contribution >= 0.6 is 0 Å². The van der Waals surface area contributed by atoms with Crippen molar-refractivity contribution in [3.63, 3.8) is 0 Å². The lowest BCUT2D eigenvalue weighted by Crippen LogP contribution is -2.32. The molecule has 1 N–H and O–H groups in total. The molecule has 1 rings (SSSR count). The van der Waals surface area contributed by atoms with Crippen LogP contribution < -0.4 is 5.32 Å². The van der Waals surface area contributed by atoms with Gasteiger partial charge in [0.1, 0.15) is 11.9 Å². The molecule has 1 aromatic rings. The van der Waals surface area contributed by atoms with Gasteiger partial charge in [-0.2, -0.15) is 5.26 Å². The largest absolute Gasteiger partial charge is 0.383 e. The normalized spacial score (nSPS) is 12.1. The van der Waals surface area contributed by atoms with Gasteiger partial charge in [-0.1, -0.05) is 25.5 Å². The minimum Gasteiger partial charge on any atom is -0.383 e. The number of methoxy groups -OCH3 is 1. The minimum absolute atomic E-state index is 0.0908. The number of hydrogen-bond acceptors (Lipinski definition) is 3. The SMILES string of the molecule is CCCC(COC)NCc1cccc(C#N)c1F. The first-order chi connectivity index (χ1) is 8.72. The second-order valence-corrected chi connectivity index (χ2v) is 4.21. The van der Waals surface area contributed by atoms with E-state index >= 15 is 0 Å². The molecule has 3 nitrogen and oxygen atoms in total. The molecular formula is C14H19FN2O. The van der Waals surface area contributed by atoms with Crippen molar-refractivity contribution in [2.24, 2.45) is 0 Å². The van der Waals surface area contributed by atoms with Crippen LogP contribution in [0.1, 0.15) is 30.9 Å². The molecule has 0 bridgehead atoms. The Morgan fingerprint density at radius 1 is 1.50 bits per heavy atom. The average Bonchev–Trinajstić information content (AvgIpc) is 2.38. The molecule has 0 saturated carbocycles. The highest BCUT2D eigenvalue weighted by Gasteiger charge is 2.10. The van der Waals surface area contributed by atoms with Gasteiger partial charge < -0.3 is 10.1 Å². The first kappa shape index (κ1) is 14.6. The summed E-state index contributed by atoms with van der Waals surface area (Å²) in [5.74, 6) is -0.430. The molecule has 0 radical (unpaired) electrons. The molecule has 98 valence electrons. The van der Waals surface area contributed by atoms with E-state index in [4.69, 9.17) is 10.00 Å². The second kappa shape index (κ2) is 7.80. The van der Waals surface area contributed by atoms with E-state index in [0.29, 0.717) is 18.7 Å². The first-order valence-electron chi connectivity index (χ1n) is 6.12. The molecule has 1 unspecified atom stereocenters. The summed E-state index contributed by atoms with van der Waals surface area (Å²) >= 11 is 0. The van der Waals surface area contributed by atoms with Crippen LogP contribution in [0.25, 0.3) is 0 Å². The highest BCUT2D eigenvalue weighted by Crippen LogP contribution is 2.12. The molecule has 1 aromatic carbocycles. The molecule has 0 spiro atoms. The van der Waals surface area contributed by atoms with Gasteiger partial charge in [-0.05, 0) is 12.5 Å². The molecule has 0 fully saturated rings. The van der Waals surface area contributed by atoms with E-state index in [0.717, 1.165) is 12.8 Å². The maximum atomic E-state index is 13.8. The molecule has 0 heterocycles. The van der Waals surface area contributed by atoms with Gasteiger partial charge in [0.2, 0.25) is 0 Å². The Hall–Kier alpha value is -1.44. The average molecular weight is 250 g/mol. The van der Waals surface area contributed by atoms with Gasteiger partial charge in [0, 0.05) is 25.3 Å². The van der Waals surface area contributed by atoms with Crippen molar-refractivity contribution in [1.29, 1.82) is 5.26 Å². The summed E-state index contributed by atoms with van der Waals surface area (Å²) in [6.45, 7) is 3.12. The summed E-state index contributed by atoms with van der Waals surface area (Å²) < 4.78 is 18.9. The number of nitrogens with one attached hydrogen (secondary N) is 1. The Bertz CT molecular complexity index is 409. The van der Waals surface area contributed by atoms with E-state index in [9.17, 15) is 4.39 Å². The summed E-state index contributed by atoms with van der Waals surface area (Å²) in [5, 5.41) is 12.0. The lowest BCUT2D eigenvalue weighted by Gasteiger charge is -2.17. The van der Waals surface area contributed by atoms with E-state index in [1.807, 2.05) is 6.07 Å². The molecule has 0 aromatic heterocycles. The third-order valence-corrected chi connectivity index (χ3v) is 2.79. The van der Waals surface area contributed by atoms with Crippen LogP contribution in [0.3, 0.4) is 0 Å². The van der Waals surface area contributed by atoms with Crippen LogP contribution in [-0.2, 0) is 11.3 Å². The van der Waals surface area contributed by atoms with Gasteiger partial charge in [0.25, 0.3) is 0 Å². The standard InChI is InChI=1S/C14H19FN2O/c1-3-5-13(10-18-2)17-9-12-7-4-6-11(8-16)14(12)15/h4,6-7,13,17H,3,5,9-10H2,1-2H3. The maximum Gasteiger partial charge on any atom is 0.145 e. The van der Waals surface area contributed by atoms with Crippen molar-refractivity contribution < 1.29 is 9.13 Å². The smallest absolute Gasteiger partial charge is 0.145 e. The minimum atomic E-state index is -0.430. The van der Waals surface area contributed by atoms with Crippen molar-refractivity contribution >= 4 is 0 Å². The monoisotopic (exact) mass is 250 g/mol. The molecule has 0 aliphatic heterocycles. The first-order valence-corrected chi connectivity index (χ1v) is 6.12. The highest BCUT2D eigenvalue weighted by atomic mass is 19.1. The molecule has 4 heteroatoms. The molecule has 18 heavy (non-hydrogen) atoms. The number of rotatable bonds is 7. The number of nitrogens with zero attached hydrogens (tertiary/aromatic N) is 1. The number of halogens is 1. The zero-order chi connectivity index (χ0) is 13.4. The Labute approximate surface area is 108 Å². The Morgan fingerprint density at radius 3 is 2.89 bits per heavy atom. The molecular weight excluding hydrogens is 231 g/mol. The van der Waals surface area contributed by atoms with Gasteiger partial charge in [-0.15, -0.1) is 0 Å². The van der Waals surface area contributed by atoms with E-state index in [-0.39, 0.29) is 11.6 Å². The van der Waals surface area contributed by atoms with E-state index < -0.39 is 5.82 Å². The molecule has 0 aliphatic carbocycles. The molecule has 0 saturated heterocycles. The number of benzene rings is 1. The van der Waals surface area contributed by atoms with E-state index in [1.54, 1.807) is 19.2 Å². The van der Waals surface area contributed by atoms with Gasteiger partial charge in [0.15, 0.2) is 0 Å². The van der Waals surface area contributed by atoms with Crippen LogP contribution in [0.2, 0.25) is 0 Å². The summed E-state index contributed by atoms with van der Waals surface area (Å²) in [6, 6.07) is 6.93. The predicted molar refractivity (Wildman–Crippen MR) is 68.5 cm³/mol. The third-order valence-electron chi connectivity index (χ3n) is 2.79. The fourth-order valence-electron chi connectivity index (χ4n) is 1.85. The van der Waals surface area contributed by atoms with Gasteiger partial charge in [-0.25, -0.2) is 4.39 Å². The maximum absolute atomic E-state index is 13.8. The molecule has 0 aliphatic rings. The topological polar surface area (TPSA) is 45.0 Å². The summed E-state index contributed by atoms with van der Waals surface area (Å²) in [7, 11) is 1.65. The fraction of sp³-hybridized carbons (Fsp3) is 0.500. The summed E-state index contributed by atoms with van der Waals surface area (Å²) in [5.41, 5.74) is 0.610. The second-order valence-electron chi connectivity index (χ2n) is 4.21.